The standard InChI is InChI=1S/C11H8BrClN2O2S/c12-6-3-7(18-5-6)4-14-9-2-1-8(13)10(15-9)11(16)17/h1-3,5H,4H2,(H,14,15)(H,16,17). The van der Waals surface area contributed by atoms with Gasteiger partial charge in [-0.1, -0.05) is 11.6 Å². The minimum Gasteiger partial charge on any atom is -0.476 e. The maximum atomic E-state index is 10.9. The number of pyridine rings is 1. The van der Waals surface area contributed by atoms with Crippen LogP contribution in [0.1, 0.15) is 15.4 Å². The van der Waals surface area contributed by atoms with Crippen molar-refractivity contribution in [3.8, 4) is 0 Å². The van der Waals surface area contributed by atoms with Crippen LogP contribution >= 0.6 is 38.9 Å². The minimum atomic E-state index is -1.14. The van der Waals surface area contributed by atoms with E-state index in [-0.39, 0.29) is 10.7 Å². The van der Waals surface area contributed by atoms with Gasteiger partial charge in [-0.25, -0.2) is 9.78 Å². The van der Waals surface area contributed by atoms with Crippen molar-refractivity contribution in [3.63, 3.8) is 0 Å². The molecule has 2 aromatic heterocycles. The number of thiophene rings is 1. The van der Waals surface area contributed by atoms with Crippen LogP contribution in [0.4, 0.5) is 5.82 Å². The first-order valence-electron chi connectivity index (χ1n) is 4.93. The van der Waals surface area contributed by atoms with Crippen LogP contribution in [0.5, 0.6) is 0 Å². The molecule has 0 bridgehead atoms. The minimum absolute atomic E-state index is 0.131. The van der Waals surface area contributed by atoms with E-state index in [0.29, 0.717) is 12.4 Å². The Balaban J connectivity index is 2.10. The number of hydrogen-bond donors (Lipinski definition) is 2. The maximum Gasteiger partial charge on any atom is 0.356 e. The third kappa shape index (κ3) is 3.22. The lowest BCUT2D eigenvalue weighted by molar-refractivity contribution is 0.0691. The Morgan fingerprint density at radius 2 is 2.33 bits per heavy atom. The number of carbonyl (C=O) groups is 1. The Labute approximate surface area is 121 Å². The number of hydrogen-bond acceptors (Lipinski definition) is 4. The van der Waals surface area contributed by atoms with Gasteiger partial charge in [0.1, 0.15) is 5.82 Å². The van der Waals surface area contributed by atoms with E-state index in [0.717, 1.165) is 9.35 Å². The molecule has 94 valence electrons. The van der Waals surface area contributed by atoms with Gasteiger partial charge >= 0.3 is 5.97 Å². The number of nitrogens with one attached hydrogen (secondary N) is 1. The fourth-order valence-corrected chi connectivity index (χ4v) is 2.89. The first kappa shape index (κ1) is 13.3. The largest absolute Gasteiger partial charge is 0.476 e. The van der Waals surface area contributed by atoms with Crippen molar-refractivity contribution in [3.05, 3.63) is 43.6 Å². The molecule has 2 N–H and O–H groups in total. The molecule has 0 saturated heterocycles. The number of carboxylic acid groups (broad SMARTS) is 1. The number of aromatic nitrogens is 1. The van der Waals surface area contributed by atoms with Crippen LogP contribution in [-0.2, 0) is 6.54 Å². The predicted molar refractivity (Wildman–Crippen MR) is 75.6 cm³/mol. The van der Waals surface area contributed by atoms with Crippen LogP contribution in [0.3, 0.4) is 0 Å². The summed E-state index contributed by atoms with van der Waals surface area (Å²) in [6.45, 7) is 0.587. The number of aromatic carboxylic acids is 1. The molecule has 0 radical (unpaired) electrons. The first-order chi connectivity index (χ1) is 8.56. The summed E-state index contributed by atoms with van der Waals surface area (Å²) in [6, 6.07) is 5.16. The van der Waals surface area contributed by atoms with E-state index in [1.54, 1.807) is 17.4 Å². The van der Waals surface area contributed by atoms with Gasteiger partial charge < -0.3 is 10.4 Å². The lowest BCUT2D eigenvalue weighted by Gasteiger charge is -2.05. The van der Waals surface area contributed by atoms with Gasteiger partial charge in [0.05, 0.1) is 11.6 Å². The zero-order valence-electron chi connectivity index (χ0n) is 8.98. The monoisotopic (exact) mass is 346 g/mol. The van der Waals surface area contributed by atoms with Gasteiger partial charge in [0.2, 0.25) is 0 Å². The number of carboxylic acids is 1. The fourth-order valence-electron chi connectivity index (χ4n) is 1.31. The molecule has 0 unspecified atom stereocenters. The second kappa shape index (κ2) is 5.69. The van der Waals surface area contributed by atoms with Crippen LogP contribution in [0.25, 0.3) is 0 Å². The quantitative estimate of drug-likeness (QED) is 0.881. The molecule has 18 heavy (non-hydrogen) atoms. The van der Waals surface area contributed by atoms with Crippen molar-refractivity contribution in [1.82, 2.24) is 4.98 Å². The van der Waals surface area contributed by atoms with Crippen LogP contribution in [0, 0.1) is 0 Å². The van der Waals surface area contributed by atoms with Crippen LogP contribution in [0.2, 0.25) is 5.02 Å². The molecular formula is C11H8BrClN2O2S. The second-order valence-corrected chi connectivity index (χ2v) is 5.74. The van der Waals surface area contributed by atoms with Crippen LogP contribution in [-0.4, -0.2) is 16.1 Å². The molecule has 0 aromatic carbocycles. The normalized spacial score (nSPS) is 10.3. The van der Waals surface area contributed by atoms with Crippen molar-refractivity contribution in [2.45, 2.75) is 6.54 Å². The summed E-state index contributed by atoms with van der Waals surface area (Å²) in [5, 5.41) is 14.1. The average molecular weight is 348 g/mol. The molecule has 2 heterocycles. The fraction of sp³-hybridized carbons (Fsp3) is 0.0909. The molecule has 0 saturated carbocycles. The molecule has 0 atom stereocenters. The van der Waals surface area contributed by atoms with Crippen molar-refractivity contribution in [2.24, 2.45) is 0 Å². The van der Waals surface area contributed by atoms with E-state index in [9.17, 15) is 4.79 Å². The van der Waals surface area contributed by atoms with Crippen molar-refractivity contribution in [1.29, 1.82) is 0 Å². The average Bonchev–Trinajstić information content (AvgIpc) is 2.74. The lowest BCUT2D eigenvalue weighted by Crippen LogP contribution is -2.06. The van der Waals surface area contributed by atoms with Gasteiger partial charge in [-0.3, -0.25) is 0 Å². The Morgan fingerprint density at radius 1 is 1.56 bits per heavy atom. The summed E-state index contributed by atoms with van der Waals surface area (Å²) in [4.78, 5) is 15.9. The summed E-state index contributed by atoms with van der Waals surface area (Å²) in [5.41, 5.74) is -0.144. The second-order valence-electron chi connectivity index (χ2n) is 3.42. The zero-order valence-corrected chi connectivity index (χ0v) is 12.1. The van der Waals surface area contributed by atoms with Gasteiger partial charge in [0.25, 0.3) is 0 Å². The smallest absolute Gasteiger partial charge is 0.356 e. The number of rotatable bonds is 4. The van der Waals surface area contributed by atoms with Crippen LogP contribution in [0.15, 0.2) is 28.1 Å². The molecule has 0 aliphatic rings. The van der Waals surface area contributed by atoms with Gasteiger partial charge in [-0.05, 0) is 34.1 Å². The first-order valence-corrected chi connectivity index (χ1v) is 6.98. The highest BCUT2D eigenvalue weighted by molar-refractivity contribution is 9.10. The van der Waals surface area contributed by atoms with Crippen molar-refractivity contribution < 1.29 is 9.90 Å². The van der Waals surface area contributed by atoms with Gasteiger partial charge in [-0.2, -0.15) is 0 Å². The molecule has 0 spiro atoms. The topological polar surface area (TPSA) is 62.2 Å². The maximum absolute atomic E-state index is 10.9. The molecule has 0 fully saturated rings. The molecule has 2 aromatic rings. The van der Waals surface area contributed by atoms with E-state index in [4.69, 9.17) is 16.7 Å². The third-order valence-corrected chi connectivity index (χ3v) is 4.12. The highest BCUT2D eigenvalue weighted by atomic mass is 79.9. The molecule has 0 aliphatic heterocycles. The highest BCUT2D eigenvalue weighted by Gasteiger charge is 2.11. The van der Waals surface area contributed by atoms with Crippen molar-refractivity contribution in [2.75, 3.05) is 5.32 Å². The lowest BCUT2D eigenvalue weighted by atomic mass is 10.3. The Hall–Kier alpha value is -1.11. The molecule has 0 amide bonds. The summed E-state index contributed by atoms with van der Waals surface area (Å²) in [6.07, 6.45) is 0. The molecule has 0 aliphatic carbocycles. The van der Waals surface area contributed by atoms with E-state index in [1.165, 1.54) is 6.07 Å². The van der Waals surface area contributed by atoms with Crippen LogP contribution < -0.4 is 5.32 Å². The Morgan fingerprint density at radius 3 is 2.94 bits per heavy atom. The number of halogens is 2. The SMILES string of the molecule is O=C(O)c1nc(NCc2cc(Br)cs2)ccc1Cl. The summed E-state index contributed by atoms with van der Waals surface area (Å²) in [5.74, 6) is -0.649. The van der Waals surface area contributed by atoms with E-state index < -0.39 is 5.97 Å². The van der Waals surface area contributed by atoms with E-state index >= 15 is 0 Å². The predicted octanol–water partition coefficient (Wildman–Crippen LogP) is 3.87. The summed E-state index contributed by atoms with van der Waals surface area (Å²) >= 11 is 10.7. The van der Waals surface area contributed by atoms with Gasteiger partial charge in [0.15, 0.2) is 5.69 Å². The van der Waals surface area contributed by atoms with E-state index in [2.05, 4.69) is 26.2 Å². The molecule has 7 heteroatoms. The number of anilines is 1. The molecular weight excluding hydrogens is 340 g/mol. The summed E-state index contributed by atoms with van der Waals surface area (Å²) < 4.78 is 1.03. The van der Waals surface area contributed by atoms with E-state index in [1.807, 2.05) is 11.4 Å². The number of nitrogens with zero attached hydrogens (tertiary/aromatic N) is 1. The molecule has 2 rings (SSSR count). The third-order valence-electron chi connectivity index (χ3n) is 2.11. The van der Waals surface area contributed by atoms with Gasteiger partial charge in [0, 0.05) is 14.7 Å². The zero-order chi connectivity index (χ0) is 13.1. The van der Waals surface area contributed by atoms with Crippen molar-refractivity contribution >= 4 is 50.7 Å². The highest BCUT2D eigenvalue weighted by Crippen LogP contribution is 2.21. The van der Waals surface area contributed by atoms with Gasteiger partial charge in [-0.15, -0.1) is 11.3 Å². The Bertz CT molecular complexity index is 588. The molecule has 4 nitrogen and oxygen atoms in total. The Kier molecular flexibility index (Phi) is 4.21. The summed E-state index contributed by atoms with van der Waals surface area (Å²) in [7, 11) is 0.